The molecule has 0 aliphatic heterocycles. The maximum absolute atomic E-state index is 10.7. The third kappa shape index (κ3) is 2.88. The van der Waals surface area contributed by atoms with E-state index in [2.05, 4.69) is 10.4 Å². The summed E-state index contributed by atoms with van der Waals surface area (Å²) in [5, 5.41) is 16.1. The van der Waals surface area contributed by atoms with Crippen molar-refractivity contribution in [3.05, 3.63) is 47.8 Å². The first-order valence-corrected chi connectivity index (χ1v) is 5.71. The highest BCUT2D eigenvalue weighted by Gasteiger charge is 2.02. The molecule has 0 bridgehead atoms. The number of nitrogens with zero attached hydrogens (tertiary/aromatic N) is 2. The van der Waals surface area contributed by atoms with Gasteiger partial charge in [-0.1, -0.05) is 0 Å². The Labute approximate surface area is 105 Å². The molecule has 94 valence electrons. The summed E-state index contributed by atoms with van der Waals surface area (Å²) in [6.07, 6.45) is 2.65. The number of rotatable bonds is 5. The Hall–Kier alpha value is -2.30. The van der Waals surface area contributed by atoms with Gasteiger partial charge in [-0.3, -0.25) is 4.68 Å². The average molecular weight is 245 g/mol. The molecule has 0 atom stereocenters. The molecule has 0 aliphatic rings. The van der Waals surface area contributed by atoms with Gasteiger partial charge in [0.25, 0.3) is 0 Å². The van der Waals surface area contributed by atoms with Crippen molar-refractivity contribution in [2.24, 2.45) is 7.05 Å². The number of carboxylic acids is 1. The predicted octanol–water partition coefficient (Wildman–Crippen LogP) is 1.77. The van der Waals surface area contributed by atoms with Crippen LogP contribution in [-0.2, 0) is 13.5 Å². The number of aromatic carboxylic acids is 1. The Balaban J connectivity index is 1.87. The number of anilines is 1. The van der Waals surface area contributed by atoms with Gasteiger partial charge >= 0.3 is 5.97 Å². The van der Waals surface area contributed by atoms with Crippen LogP contribution in [0.3, 0.4) is 0 Å². The van der Waals surface area contributed by atoms with Crippen LogP contribution in [0.2, 0.25) is 0 Å². The molecule has 1 heterocycles. The molecule has 5 nitrogen and oxygen atoms in total. The maximum Gasteiger partial charge on any atom is 0.335 e. The third-order valence-corrected chi connectivity index (χ3v) is 2.76. The molecular weight excluding hydrogens is 230 g/mol. The summed E-state index contributed by atoms with van der Waals surface area (Å²) in [7, 11) is 1.91. The van der Waals surface area contributed by atoms with Crippen molar-refractivity contribution in [3.63, 3.8) is 0 Å². The smallest absolute Gasteiger partial charge is 0.335 e. The SMILES string of the molecule is Cn1nccc1CCNc1ccc(C(=O)O)cc1. The minimum absolute atomic E-state index is 0.298. The Morgan fingerprint density at radius 2 is 2.06 bits per heavy atom. The average Bonchev–Trinajstić information content (AvgIpc) is 2.76. The summed E-state index contributed by atoms with van der Waals surface area (Å²) in [5.74, 6) is -0.906. The molecule has 2 N–H and O–H groups in total. The first-order chi connectivity index (χ1) is 8.66. The molecular formula is C13H15N3O2. The van der Waals surface area contributed by atoms with Gasteiger partial charge in [0.2, 0.25) is 0 Å². The lowest BCUT2D eigenvalue weighted by molar-refractivity contribution is 0.0697. The van der Waals surface area contributed by atoms with Crippen molar-refractivity contribution >= 4 is 11.7 Å². The van der Waals surface area contributed by atoms with Crippen molar-refractivity contribution in [2.75, 3.05) is 11.9 Å². The number of nitrogens with one attached hydrogen (secondary N) is 1. The number of benzene rings is 1. The number of hydrogen-bond acceptors (Lipinski definition) is 3. The first-order valence-electron chi connectivity index (χ1n) is 5.71. The van der Waals surface area contributed by atoms with Gasteiger partial charge in [0, 0.05) is 37.6 Å². The standard InChI is InChI=1S/C13H15N3O2/c1-16-12(7-9-15-16)6-8-14-11-4-2-10(3-5-11)13(17)18/h2-5,7,9,14H,6,8H2,1H3,(H,17,18). The molecule has 0 saturated heterocycles. The zero-order chi connectivity index (χ0) is 13.0. The van der Waals surface area contributed by atoms with E-state index >= 15 is 0 Å². The van der Waals surface area contributed by atoms with E-state index in [1.807, 2.05) is 17.8 Å². The van der Waals surface area contributed by atoms with Crippen molar-refractivity contribution in [1.29, 1.82) is 0 Å². The van der Waals surface area contributed by atoms with Crippen molar-refractivity contribution in [1.82, 2.24) is 9.78 Å². The molecule has 0 amide bonds. The van der Waals surface area contributed by atoms with Crippen LogP contribution in [0.4, 0.5) is 5.69 Å². The lowest BCUT2D eigenvalue weighted by atomic mass is 10.2. The molecule has 0 spiro atoms. The lowest BCUT2D eigenvalue weighted by Crippen LogP contribution is -2.08. The first kappa shape index (κ1) is 12.2. The Bertz CT molecular complexity index is 531. The highest BCUT2D eigenvalue weighted by molar-refractivity contribution is 5.87. The lowest BCUT2D eigenvalue weighted by Gasteiger charge is -2.06. The molecule has 0 radical (unpaired) electrons. The van der Waals surface area contributed by atoms with E-state index in [0.717, 1.165) is 24.3 Å². The van der Waals surface area contributed by atoms with Crippen LogP contribution in [0.25, 0.3) is 0 Å². The molecule has 0 fully saturated rings. The van der Waals surface area contributed by atoms with Crippen LogP contribution in [0, 0.1) is 0 Å². The van der Waals surface area contributed by atoms with Crippen molar-refractivity contribution in [3.8, 4) is 0 Å². The quantitative estimate of drug-likeness (QED) is 0.842. The van der Waals surface area contributed by atoms with Crippen LogP contribution in [-0.4, -0.2) is 27.4 Å². The maximum atomic E-state index is 10.7. The van der Waals surface area contributed by atoms with Crippen molar-refractivity contribution in [2.45, 2.75) is 6.42 Å². The van der Waals surface area contributed by atoms with Crippen LogP contribution in [0.15, 0.2) is 36.5 Å². The van der Waals surface area contributed by atoms with E-state index in [0.29, 0.717) is 5.56 Å². The minimum atomic E-state index is -0.906. The Morgan fingerprint density at radius 3 is 2.61 bits per heavy atom. The molecule has 1 aromatic carbocycles. The van der Waals surface area contributed by atoms with E-state index in [1.165, 1.54) is 0 Å². The fourth-order valence-corrected chi connectivity index (χ4v) is 1.71. The fraction of sp³-hybridized carbons (Fsp3) is 0.231. The number of carbonyl (C=O) groups is 1. The topological polar surface area (TPSA) is 67.2 Å². The van der Waals surface area contributed by atoms with Gasteiger partial charge in [-0.25, -0.2) is 4.79 Å². The number of hydrogen-bond donors (Lipinski definition) is 2. The van der Waals surface area contributed by atoms with E-state index in [9.17, 15) is 4.79 Å². The Kier molecular flexibility index (Phi) is 3.62. The van der Waals surface area contributed by atoms with Gasteiger partial charge in [-0.15, -0.1) is 0 Å². The van der Waals surface area contributed by atoms with Gasteiger partial charge < -0.3 is 10.4 Å². The molecule has 0 unspecified atom stereocenters. The summed E-state index contributed by atoms with van der Waals surface area (Å²) < 4.78 is 1.84. The molecule has 1 aromatic heterocycles. The van der Waals surface area contributed by atoms with E-state index in [-0.39, 0.29) is 0 Å². The highest BCUT2D eigenvalue weighted by Crippen LogP contribution is 2.09. The Morgan fingerprint density at radius 1 is 1.33 bits per heavy atom. The summed E-state index contributed by atoms with van der Waals surface area (Å²) in [5.41, 5.74) is 2.37. The van der Waals surface area contributed by atoms with Crippen LogP contribution in [0.1, 0.15) is 16.1 Å². The fourth-order valence-electron chi connectivity index (χ4n) is 1.71. The zero-order valence-electron chi connectivity index (χ0n) is 10.1. The zero-order valence-corrected chi connectivity index (χ0v) is 10.1. The van der Waals surface area contributed by atoms with Gasteiger partial charge in [-0.2, -0.15) is 5.10 Å². The second kappa shape index (κ2) is 5.35. The molecule has 2 aromatic rings. The highest BCUT2D eigenvalue weighted by atomic mass is 16.4. The second-order valence-corrected chi connectivity index (χ2v) is 4.01. The van der Waals surface area contributed by atoms with Crippen LogP contribution < -0.4 is 5.32 Å². The van der Waals surface area contributed by atoms with Crippen LogP contribution in [0.5, 0.6) is 0 Å². The summed E-state index contributed by atoms with van der Waals surface area (Å²) in [6, 6.07) is 8.71. The van der Waals surface area contributed by atoms with Crippen molar-refractivity contribution < 1.29 is 9.90 Å². The van der Waals surface area contributed by atoms with Gasteiger partial charge in [-0.05, 0) is 30.3 Å². The van der Waals surface area contributed by atoms with Crippen LogP contribution >= 0.6 is 0 Å². The number of aromatic nitrogens is 2. The summed E-state index contributed by atoms with van der Waals surface area (Å²) in [6.45, 7) is 0.784. The van der Waals surface area contributed by atoms with Gasteiger partial charge in [0.05, 0.1) is 5.56 Å². The normalized spacial score (nSPS) is 10.3. The van der Waals surface area contributed by atoms with Gasteiger partial charge in [0.1, 0.15) is 0 Å². The molecule has 18 heavy (non-hydrogen) atoms. The van der Waals surface area contributed by atoms with E-state index < -0.39 is 5.97 Å². The predicted molar refractivity (Wildman–Crippen MR) is 68.8 cm³/mol. The second-order valence-electron chi connectivity index (χ2n) is 4.01. The molecule has 0 saturated carbocycles. The third-order valence-electron chi connectivity index (χ3n) is 2.76. The molecule has 2 rings (SSSR count). The largest absolute Gasteiger partial charge is 0.478 e. The molecule has 5 heteroatoms. The minimum Gasteiger partial charge on any atom is -0.478 e. The number of aryl methyl sites for hydroxylation is 1. The number of carboxylic acid groups (broad SMARTS) is 1. The monoisotopic (exact) mass is 245 g/mol. The van der Waals surface area contributed by atoms with E-state index in [1.54, 1.807) is 30.5 Å². The summed E-state index contributed by atoms with van der Waals surface area (Å²) >= 11 is 0. The van der Waals surface area contributed by atoms with Gasteiger partial charge in [0.15, 0.2) is 0 Å². The molecule has 0 aliphatic carbocycles. The van der Waals surface area contributed by atoms with E-state index in [4.69, 9.17) is 5.11 Å². The summed E-state index contributed by atoms with van der Waals surface area (Å²) in [4.78, 5) is 10.7.